The van der Waals surface area contributed by atoms with E-state index in [9.17, 15) is 4.79 Å². The molecule has 0 bridgehead atoms. The molecule has 2 aromatic rings. The molecule has 2 aromatic carbocycles. The molecule has 0 radical (unpaired) electrons. The molecule has 22 heavy (non-hydrogen) atoms. The zero-order chi connectivity index (χ0) is 15.8. The Hall–Kier alpha value is -2.49. The minimum absolute atomic E-state index is 0.155. The van der Waals surface area contributed by atoms with E-state index in [0.29, 0.717) is 18.9 Å². The Morgan fingerprint density at radius 2 is 1.73 bits per heavy atom. The lowest BCUT2D eigenvalue weighted by molar-refractivity contribution is -0.127. The number of benzene rings is 2. The third-order valence-corrected chi connectivity index (χ3v) is 3.12. The van der Waals surface area contributed by atoms with E-state index in [0.717, 1.165) is 11.3 Å². The maximum atomic E-state index is 11.9. The van der Waals surface area contributed by atoms with Crippen LogP contribution in [-0.2, 0) is 4.79 Å². The molecule has 0 heterocycles. The summed E-state index contributed by atoms with van der Waals surface area (Å²) in [5.41, 5.74) is 1.16. The van der Waals surface area contributed by atoms with Gasteiger partial charge in [-0.05, 0) is 38.1 Å². The zero-order valence-corrected chi connectivity index (χ0v) is 12.9. The minimum Gasteiger partial charge on any atom is -0.492 e. The van der Waals surface area contributed by atoms with Gasteiger partial charge in [-0.1, -0.05) is 35.9 Å². The van der Waals surface area contributed by atoms with Gasteiger partial charge in [0.05, 0.1) is 6.54 Å². The first-order chi connectivity index (χ1) is 10.6. The van der Waals surface area contributed by atoms with Crippen molar-refractivity contribution in [2.24, 2.45) is 0 Å². The lowest BCUT2D eigenvalue weighted by Gasteiger charge is -2.15. The van der Waals surface area contributed by atoms with Gasteiger partial charge in [-0.25, -0.2) is 0 Å². The summed E-state index contributed by atoms with van der Waals surface area (Å²) in [5.74, 6) is 1.33. The molecule has 0 spiro atoms. The maximum absolute atomic E-state index is 11.9. The summed E-state index contributed by atoms with van der Waals surface area (Å²) < 4.78 is 11.1. The Morgan fingerprint density at radius 3 is 2.41 bits per heavy atom. The number of rotatable bonds is 7. The Bertz CT molecular complexity index is 581. The molecule has 2 rings (SSSR count). The van der Waals surface area contributed by atoms with Crippen LogP contribution in [0.5, 0.6) is 11.5 Å². The van der Waals surface area contributed by atoms with Crippen LogP contribution in [0.2, 0.25) is 0 Å². The number of amides is 1. The van der Waals surface area contributed by atoms with Crippen molar-refractivity contribution in [2.75, 3.05) is 13.2 Å². The van der Waals surface area contributed by atoms with Crippen LogP contribution in [0.4, 0.5) is 0 Å². The Morgan fingerprint density at radius 1 is 1.05 bits per heavy atom. The third kappa shape index (κ3) is 5.13. The van der Waals surface area contributed by atoms with Crippen LogP contribution in [-0.4, -0.2) is 25.2 Å². The molecule has 1 atom stereocenters. The summed E-state index contributed by atoms with van der Waals surface area (Å²) in [4.78, 5) is 11.9. The van der Waals surface area contributed by atoms with Gasteiger partial charge in [-0.15, -0.1) is 0 Å². The number of carbonyl (C=O) groups excluding carboxylic acids is 1. The van der Waals surface area contributed by atoms with Crippen LogP contribution in [0.3, 0.4) is 0 Å². The van der Waals surface area contributed by atoms with Gasteiger partial charge in [0.25, 0.3) is 5.91 Å². The van der Waals surface area contributed by atoms with E-state index in [4.69, 9.17) is 9.47 Å². The summed E-state index contributed by atoms with van der Waals surface area (Å²) in [6, 6.07) is 17.1. The molecule has 4 nitrogen and oxygen atoms in total. The quantitative estimate of drug-likeness (QED) is 0.800. The first-order valence-corrected chi connectivity index (χ1v) is 7.34. The second-order valence-corrected chi connectivity index (χ2v) is 5.03. The molecule has 0 fully saturated rings. The number of ether oxygens (including phenoxy) is 2. The highest BCUT2D eigenvalue weighted by Crippen LogP contribution is 2.13. The van der Waals surface area contributed by atoms with Gasteiger partial charge in [0, 0.05) is 0 Å². The van der Waals surface area contributed by atoms with Crippen molar-refractivity contribution in [3.05, 3.63) is 60.2 Å². The molecule has 4 heteroatoms. The van der Waals surface area contributed by atoms with E-state index < -0.39 is 6.10 Å². The van der Waals surface area contributed by atoms with Crippen molar-refractivity contribution in [3.63, 3.8) is 0 Å². The average molecular weight is 299 g/mol. The smallest absolute Gasteiger partial charge is 0.260 e. The molecule has 0 saturated carbocycles. The first kappa shape index (κ1) is 15.9. The lowest BCUT2D eigenvalue weighted by atomic mass is 10.2. The molecule has 0 saturated heterocycles. The van der Waals surface area contributed by atoms with Gasteiger partial charge < -0.3 is 14.8 Å². The highest BCUT2D eigenvalue weighted by atomic mass is 16.5. The van der Waals surface area contributed by atoms with E-state index in [2.05, 4.69) is 5.32 Å². The fraction of sp³-hybridized carbons (Fsp3) is 0.278. The van der Waals surface area contributed by atoms with Gasteiger partial charge >= 0.3 is 0 Å². The van der Waals surface area contributed by atoms with E-state index >= 15 is 0 Å². The fourth-order valence-corrected chi connectivity index (χ4v) is 1.88. The van der Waals surface area contributed by atoms with Crippen LogP contribution < -0.4 is 14.8 Å². The SMILES string of the molecule is Cc1ccc(OC(C)C(=O)NCCOc2ccccc2)cc1. The van der Waals surface area contributed by atoms with Gasteiger partial charge in [0.1, 0.15) is 18.1 Å². The van der Waals surface area contributed by atoms with Crippen molar-refractivity contribution in [3.8, 4) is 11.5 Å². The van der Waals surface area contributed by atoms with Crippen molar-refractivity contribution in [1.82, 2.24) is 5.32 Å². The van der Waals surface area contributed by atoms with Crippen LogP contribution in [0.1, 0.15) is 12.5 Å². The second-order valence-electron chi connectivity index (χ2n) is 5.03. The van der Waals surface area contributed by atoms with Crippen molar-refractivity contribution < 1.29 is 14.3 Å². The van der Waals surface area contributed by atoms with Crippen LogP contribution in [0.25, 0.3) is 0 Å². The second kappa shape index (κ2) is 8.08. The minimum atomic E-state index is -0.542. The van der Waals surface area contributed by atoms with Gasteiger partial charge in [-0.2, -0.15) is 0 Å². The number of para-hydroxylation sites is 1. The number of nitrogens with one attached hydrogen (secondary N) is 1. The van der Waals surface area contributed by atoms with E-state index in [1.54, 1.807) is 6.92 Å². The Labute approximate surface area is 131 Å². The van der Waals surface area contributed by atoms with Gasteiger partial charge in [0.2, 0.25) is 0 Å². The third-order valence-electron chi connectivity index (χ3n) is 3.12. The van der Waals surface area contributed by atoms with Crippen molar-refractivity contribution in [1.29, 1.82) is 0 Å². The van der Waals surface area contributed by atoms with Crippen molar-refractivity contribution >= 4 is 5.91 Å². The molecular formula is C18H21NO3. The van der Waals surface area contributed by atoms with Gasteiger partial charge in [-0.3, -0.25) is 4.79 Å². The number of carbonyl (C=O) groups is 1. The summed E-state index contributed by atoms with van der Waals surface area (Å²) >= 11 is 0. The molecule has 1 amide bonds. The topological polar surface area (TPSA) is 47.6 Å². The van der Waals surface area contributed by atoms with Crippen molar-refractivity contribution in [2.45, 2.75) is 20.0 Å². The first-order valence-electron chi connectivity index (χ1n) is 7.34. The summed E-state index contributed by atoms with van der Waals surface area (Å²) in [5, 5.41) is 2.80. The normalized spacial score (nSPS) is 11.5. The van der Waals surface area contributed by atoms with E-state index in [1.165, 1.54) is 0 Å². The number of hydrogen-bond donors (Lipinski definition) is 1. The Balaban J connectivity index is 1.69. The highest BCUT2D eigenvalue weighted by molar-refractivity contribution is 5.80. The molecule has 1 unspecified atom stereocenters. The zero-order valence-electron chi connectivity index (χ0n) is 12.9. The molecule has 0 aromatic heterocycles. The van der Waals surface area contributed by atoms with Crippen LogP contribution in [0, 0.1) is 6.92 Å². The van der Waals surface area contributed by atoms with Crippen LogP contribution in [0.15, 0.2) is 54.6 Å². The molecule has 0 aliphatic heterocycles. The van der Waals surface area contributed by atoms with E-state index in [-0.39, 0.29) is 5.91 Å². The fourth-order valence-electron chi connectivity index (χ4n) is 1.88. The molecule has 0 aliphatic rings. The lowest BCUT2D eigenvalue weighted by Crippen LogP contribution is -2.38. The largest absolute Gasteiger partial charge is 0.492 e. The molecule has 0 aliphatic carbocycles. The predicted molar refractivity (Wildman–Crippen MR) is 86.2 cm³/mol. The molecule has 1 N–H and O–H groups in total. The summed E-state index contributed by atoms with van der Waals surface area (Å²) in [6.07, 6.45) is -0.542. The van der Waals surface area contributed by atoms with Crippen LogP contribution >= 0.6 is 0 Å². The summed E-state index contributed by atoms with van der Waals surface area (Å²) in [7, 11) is 0. The van der Waals surface area contributed by atoms with E-state index in [1.807, 2.05) is 61.5 Å². The maximum Gasteiger partial charge on any atom is 0.260 e. The summed E-state index contributed by atoms with van der Waals surface area (Å²) in [6.45, 7) is 4.60. The molecule has 116 valence electrons. The standard InChI is InChI=1S/C18H21NO3/c1-14-8-10-17(11-9-14)22-15(2)18(20)19-12-13-21-16-6-4-3-5-7-16/h3-11,15H,12-13H2,1-2H3,(H,19,20). The number of aryl methyl sites for hydroxylation is 1. The monoisotopic (exact) mass is 299 g/mol. The predicted octanol–water partition coefficient (Wildman–Crippen LogP) is 2.96. The van der Waals surface area contributed by atoms with Gasteiger partial charge in [0.15, 0.2) is 6.10 Å². The average Bonchev–Trinajstić information content (AvgIpc) is 2.54. The Kier molecular flexibility index (Phi) is 5.83. The highest BCUT2D eigenvalue weighted by Gasteiger charge is 2.13. The number of hydrogen-bond acceptors (Lipinski definition) is 3. The molecular weight excluding hydrogens is 278 g/mol.